The second-order valence-electron chi connectivity index (χ2n) is 17.6. The summed E-state index contributed by atoms with van der Waals surface area (Å²) in [6.45, 7) is 10.1. The number of carbonyl (C=O) groups excluding carboxylic acids is 1. The van der Waals surface area contributed by atoms with Gasteiger partial charge in [-0.05, 0) is 159 Å². The third-order valence-corrected chi connectivity index (χ3v) is 15.3. The maximum absolute atomic E-state index is 13.0. The number of hydrogen-bond acceptors (Lipinski definition) is 2. The topological polar surface area (TPSA) is 26.3 Å². The van der Waals surface area contributed by atoms with Crippen LogP contribution in [-0.2, 0) is 4.79 Å². The van der Waals surface area contributed by atoms with Gasteiger partial charge in [0.15, 0.2) is 0 Å². The average molecular weight is 617 g/mol. The van der Waals surface area contributed by atoms with Gasteiger partial charge in [-0.1, -0.05) is 91.2 Å². The third kappa shape index (κ3) is 7.26. The number of fused-ring (bicyclic) bond motifs is 5. The highest BCUT2D eigenvalue weighted by Crippen LogP contribution is 2.68. The van der Waals surface area contributed by atoms with Gasteiger partial charge < -0.3 is 4.74 Å². The fraction of sp³-hybridized carbons (Fsp3) is 0.837. The lowest BCUT2D eigenvalue weighted by Gasteiger charge is -2.61. The average Bonchev–Trinajstić information content (AvgIpc) is 3.41. The minimum Gasteiger partial charge on any atom is -0.427 e. The molecule has 0 aromatic heterocycles. The Bertz CT molecular complexity index is 1080. The largest absolute Gasteiger partial charge is 0.427 e. The lowest BCUT2D eigenvalue weighted by molar-refractivity contribution is -0.135. The molecule has 0 spiro atoms. The Hall–Kier alpha value is -1.31. The van der Waals surface area contributed by atoms with Gasteiger partial charge in [0, 0.05) is 6.42 Å². The summed E-state index contributed by atoms with van der Waals surface area (Å²) in [6, 6.07) is 8.58. The van der Waals surface area contributed by atoms with Gasteiger partial charge in [0.25, 0.3) is 0 Å². The van der Waals surface area contributed by atoms with E-state index in [1.165, 1.54) is 134 Å². The molecule has 0 saturated heterocycles. The van der Waals surface area contributed by atoms with E-state index < -0.39 is 0 Å². The Morgan fingerprint density at radius 1 is 0.800 bits per heavy atom. The fourth-order valence-corrected chi connectivity index (χ4v) is 12.6. The smallest absolute Gasteiger partial charge is 0.311 e. The maximum Gasteiger partial charge on any atom is 0.311 e. The van der Waals surface area contributed by atoms with Crippen LogP contribution in [-0.4, -0.2) is 5.97 Å². The van der Waals surface area contributed by atoms with Gasteiger partial charge in [0.2, 0.25) is 0 Å². The number of benzene rings is 1. The third-order valence-electron chi connectivity index (χ3n) is 15.3. The predicted molar refractivity (Wildman–Crippen MR) is 188 cm³/mol. The van der Waals surface area contributed by atoms with E-state index in [0.717, 1.165) is 47.7 Å². The van der Waals surface area contributed by atoms with Gasteiger partial charge in [-0.25, -0.2) is 0 Å². The first-order valence-corrected chi connectivity index (χ1v) is 20.1. The van der Waals surface area contributed by atoms with E-state index >= 15 is 0 Å². The minimum absolute atomic E-state index is 0.0407. The Balaban J connectivity index is 0.940. The normalized spacial score (nSPS) is 38.5. The van der Waals surface area contributed by atoms with E-state index in [1.807, 2.05) is 0 Å². The monoisotopic (exact) mass is 617 g/mol. The van der Waals surface area contributed by atoms with Gasteiger partial charge in [0.05, 0.1) is 0 Å². The molecular formula is C43H68O2. The number of hydrogen-bond donors (Lipinski definition) is 0. The van der Waals surface area contributed by atoms with Crippen molar-refractivity contribution in [1.82, 2.24) is 0 Å². The number of esters is 1. The molecule has 0 amide bonds. The van der Waals surface area contributed by atoms with Crippen LogP contribution in [0.3, 0.4) is 0 Å². The minimum atomic E-state index is -0.0407. The van der Waals surface area contributed by atoms with Crippen LogP contribution in [0.1, 0.15) is 180 Å². The molecule has 2 heteroatoms. The van der Waals surface area contributed by atoms with E-state index in [-0.39, 0.29) is 5.97 Å². The molecule has 8 atom stereocenters. The predicted octanol–water partition coefficient (Wildman–Crippen LogP) is 12.7. The van der Waals surface area contributed by atoms with Crippen LogP contribution in [0.25, 0.3) is 0 Å². The number of unbranched alkanes of at least 4 members (excludes halogenated alkanes) is 4. The van der Waals surface area contributed by atoms with Crippen LogP contribution >= 0.6 is 0 Å². The summed E-state index contributed by atoms with van der Waals surface area (Å²) in [7, 11) is 0. The van der Waals surface area contributed by atoms with Crippen LogP contribution in [0.2, 0.25) is 0 Å². The summed E-state index contributed by atoms with van der Waals surface area (Å²) in [5, 5.41) is 0. The van der Waals surface area contributed by atoms with E-state index in [4.69, 9.17) is 4.74 Å². The summed E-state index contributed by atoms with van der Waals surface area (Å²) < 4.78 is 5.88. The lowest BCUT2D eigenvalue weighted by Crippen LogP contribution is -2.53. The summed E-state index contributed by atoms with van der Waals surface area (Å²) in [5.41, 5.74) is 2.54. The Labute approximate surface area is 277 Å². The number of carbonyl (C=O) groups is 1. The highest BCUT2D eigenvalue weighted by atomic mass is 16.5. The molecular weight excluding hydrogens is 548 g/mol. The van der Waals surface area contributed by atoms with Gasteiger partial charge in [-0.3, -0.25) is 4.79 Å². The zero-order valence-electron chi connectivity index (χ0n) is 29.8. The Kier molecular flexibility index (Phi) is 11.1. The van der Waals surface area contributed by atoms with Crippen molar-refractivity contribution in [2.75, 3.05) is 0 Å². The zero-order valence-corrected chi connectivity index (χ0v) is 29.8. The maximum atomic E-state index is 13.0. The standard InChI is InChI=1S/C43H68O2/c1-5-6-7-8-9-12-32-15-17-33(18-16-32)34-19-22-36(23-20-34)45-41(44)27-14-31(2)38-25-26-39-37-24-21-35-13-10-11-29-42(35,3)40(37)28-30-43(38,39)4/h19-20,22-23,31-33,35,37-40H,5-18,21,24-30H2,1-4H3/t31-,32?,33?,35?,37+,38-,39+,40+,42+,43-/m1/s1. The Morgan fingerprint density at radius 3 is 2.33 bits per heavy atom. The summed E-state index contributed by atoms with van der Waals surface area (Å²) in [5.74, 6) is 7.54. The molecule has 0 N–H and O–H groups in total. The van der Waals surface area contributed by atoms with Crippen LogP contribution in [0.15, 0.2) is 24.3 Å². The van der Waals surface area contributed by atoms with Crippen molar-refractivity contribution < 1.29 is 9.53 Å². The molecule has 0 heterocycles. The quantitative estimate of drug-likeness (QED) is 0.133. The van der Waals surface area contributed by atoms with Gasteiger partial charge in [0.1, 0.15) is 5.75 Å². The van der Waals surface area contributed by atoms with E-state index in [2.05, 4.69) is 52.0 Å². The Morgan fingerprint density at radius 2 is 1.56 bits per heavy atom. The van der Waals surface area contributed by atoms with Crippen molar-refractivity contribution in [3.8, 4) is 5.75 Å². The second kappa shape index (κ2) is 14.8. The molecule has 2 nitrogen and oxygen atoms in total. The highest BCUT2D eigenvalue weighted by molar-refractivity contribution is 5.72. The summed E-state index contributed by atoms with van der Waals surface area (Å²) in [4.78, 5) is 13.0. The molecule has 252 valence electrons. The molecule has 5 aliphatic rings. The fourth-order valence-electron chi connectivity index (χ4n) is 12.6. The molecule has 5 aliphatic carbocycles. The first-order valence-electron chi connectivity index (χ1n) is 20.1. The molecule has 6 rings (SSSR count). The molecule has 1 unspecified atom stereocenters. The molecule has 5 saturated carbocycles. The van der Waals surface area contributed by atoms with Crippen LogP contribution < -0.4 is 4.74 Å². The SMILES string of the molecule is CCCCCCCC1CCC(c2ccc(OC(=O)CC[C@@H](C)[C@H]3CC[C@H]4[C@@H]5CCC6CCCC[C@]6(C)[C@H]5CC[C@]34C)cc2)CC1. The molecule has 0 aliphatic heterocycles. The van der Waals surface area contributed by atoms with Crippen molar-refractivity contribution in [1.29, 1.82) is 0 Å². The van der Waals surface area contributed by atoms with Crippen LogP contribution in [0.5, 0.6) is 5.75 Å². The summed E-state index contributed by atoms with van der Waals surface area (Å²) in [6.07, 6.45) is 30.0. The molecule has 0 radical (unpaired) electrons. The van der Waals surface area contributed by atoms with Crippen LogP contribution in [0, 0.1) is 52.3 Å². The van der Waals surface area contributed by atoms with Crippen molar-refractivity contribution in [2.45, 2.75) is 175 Å². The first kappa shape index (κ1) is 33.6. The van der Waals surface area contributed by atoms with Crippen molar-refractivity contribution in [3.05, 3.63) is 29.8 Å². The first-order chi connectivity index (χ1) is 21.8. The summed E-state index contributed by atoms with van der Waals surface area (Å²) >= 11 is 0. The molecule has 0 bridgehead atoms. The molecule has 1 aromatic carbocycles. The number of ether oxygens (including phenoxy) is 1. The van der Waals surface area contributed by atoms with Crippen molar-refractivity contribution >= 4 is 5.97 Å². The van der Waals surface area contributed by atoms with Gasteiger partial charge >= 0.3 is 5.97 Å². The van der Waals surface area contributed by atoms with E-state index in [0.29, 0.717) is 29.1 Å². The molecule has 45 heavy (non-hydrogen) atoms. The number of rotatable bonds is 12. The van der Waals surface area contributed by atoms with Crippen molar-refractivity contribution in [2.24, 2.45) is 52.3 Å². The van der Waals surface area contributed by atoms with Gasteiger partial charge in [-0.2, -0.15) is 0 Å². The molecule has 5 fully saturated rings. The zero-order chi connectivity index (χ0) is 31.4. The van der Waals surface area contributed by atoms with E-state index in [1.54, 1.807) is 0 Å². The van der Waals surface area contributed by atoms with Crippen LogP contribution in [0.4, 0.5) is 0 Å². The lowest BCUT2D eigenvalue weighted by atomic mass is 9.44. The highest BCUT2D eigenvalue weighted by Gasteiger charge is 2.60. The van der Waals surface area contributed by atoms with Gasteiger partial charge in [-0.15, -0.1) is 0 Å². The molecule has 1 aromatic rings. The van der Waals surface area contributed by atoms with Crippen molar-refractivity contribution in [3.63, 3.8) is 0 Å². The second-order valence-corrected chi connectivity index (χ2v) is 17.6. The van der Waals surface area contributed by atoms with E-state index in [9.17, 15) is 4.79 Å².